The van der Waals surface area contributed by atoms with Crippen molar-refractivity contribution in [1.82, 2.24) is 15.0 Å². The summed E-state index contributed by atoms with van der Waals surface area (Å²) in [4.78, 5) is 6.16. The number of hydrogen-bond donors (Lipinski definition) is 1. The first-order chi connectivity index (χ1) is 8.44. The number of nitrogens with zero attached hydrogens (tertiary/aromatic N) is 3. The Balaban J connectivity index is 1.99. The van der Waals surface area contributed by atoms with Crippen molar-refractivity contribution in [2.24, 2.45) is 0 Å². The first-order valence-electron chi connectivity index (χ1n) is 5.71. The Morgan fingerprint density at radius 2 is 2.22 bits per heavy atom. The van der Waals surface area contributed by atoms with Crippen LogP contribution >= 0.6 is 0 Å². The van der Waals surface area contributed by atoms with Crippen molar-refractivity contribution in [2.75, 3.05) is 13.6 Å². The Morgan fingerprint density at radius 1 is 1.44 bits per heavy atom. The van der Waals surface area contributed by atoms with Crippen molar-refractivity contribution in [2.45, 2.75) is 26.0 Å². The molecule has 2 aromatic heterocycles. The molecule has 0 aliphatic heterocycles. The quantitative estimate of drug-likeness (QED) is 0.868. The van der Waals surface area contributed by atoms with E-state index in [2.05, 4.69) is 10.1 Å². The van der Waals surface area contributed by atoms with E-state index in [1.807, 2.05) is 11.9 Å². The van der Waals surface area contributed by atoms with Gasteiger partial charge in [0.1, 0.15) is 0 Å². The largest absolute Gasteiger partial charge is 0.459 e. The number of aliphatic hydroxyl groups is 1. The van der Waals surface area contributed by atoms with Crippen LogP contribution in [0.4, 0.5) is 0 Å². The highest BCUT2D eigenvalue weighted by atomic mass is 16.5. The van der Waals surface area contributed by atoms with Gasteiger partial charge in [-0.1, -0.05) is 5.16 Å². The van der Waals surface area contributed by atoms with Gasteiger partial charge in [0.2, 0.25) is 0 Å². The van der Waals surface area contributed by atoms with Crippen LogP contribution in [0.5, 0.6) is 0 Å². The number of hydrogen-bond acceptors (Lipinski definition) is 6. The fraction of sp³-hybridized carbons (Fsp3) is 0.500. The number of aromatic nitrogens is 2. The maximum Gasteiger partial charge on any atom is 0.293 e. The molecule has 0 radical (unpaired) electrons. The van der Waals surface area contributed by atoms with Gasteiger partial charge in [0.05, 0.1) is 18.4 Å². The highest BCUT2D eigenvalue weighted by Gasteiger charge is 2.18. The zero-order chi connectivity index (χ0) is 13.2. The van der Waals surface area contributed by atoms with E-state index in [0.717, 1.165) is 0 Å². The lowest BCUT2D eigenvalue weighted by Gasteiger charge is -2.24. The van der Waals surface area contributed by atoms with Gasteiger partial charge in [0, 0.05) is 6.54 Å². The van der Waals surface area contributed by atoms with E-state index >= 15 is 0 Å². The summed E-state index contributed by atoms with van der Waals surface area (Å²) >= 11 is 0. The van der Waals surface area contributed by atoms with E-state index in [1.54, 1.807) is 32.2 Å². The summed E-state index contributed by atoms with van der Waals surface area (Å²) in [6.45, 7) is 4.55. The highest BCUT2D eigenvalue weighted by Crippen LogP contribution is 2.17. The van der Waals surface area contributed by atoms with Gasteiger partial charge in [-0.15, -0.1) is 0 Å². The van der Waals surface area contributed by atoms with Crippen LogP contribution in [0.2, 0.25) is 0 Å². The lowest BCUT2D eigenvalue weighted by molar-refractivity contribution is 0.0416. The van der Waals surface area contributed by atoms with E-state index < -0.39 is 5.60 Å². The monoisotopic (exact) mass is 251 g/mol. The topological polar surface area (TPSA) is 75.5 Å². The van der Waals surface area contributed by atoms with Gasteiger partial charge in [0.15, 0.2) is 11.6 Å². The molecular formula is C12H17N3O3. The van der Waals surface area contributed by atoms with Crippen molar-refractivity contribution in [1.29, 1.82) is 0 Å². The molecule has 0 fully saturated rings. The molecule has 0 saturated heterocycles. The lowest BCUT2D eigenvalue weighted by Crippen LogP contribution is -2.36. The second kappa shape index (κ2) is 4.91. The third kappa shape index (κ3) is 3.41. The standard InChI is InChI=1S/C12H17N3O3/c1-12(2,16)8-15(3)7-10-13-11(18-14-10)9-5-4-6-17-9/h4-6,16H,7-8H2,1-3H3. The van der Waals surface area contributed by atoms with Gasteiger partial charge in [-0.05, 0) is 33.0 Å². The molecule has 0 unspecified atom stereocenters. The highest BCUT2D eigenvalue weighted by molar-refractivity contribution is 5.42. The van der Waals surface area contributed by atoms with Crippen LogP contribution in [-0.4, -0.2) is 39.3 Å². The van der Waals surface area contributed by atoms with Gasteiger partial charge in [-0.2, -0.15) is 4.98 Å². The fourth-order valence-electron chi connectivity index (χ4n) is 1.78. The van der Waals surface area contributed by atoms with E-state index in [1.165, 1.54) is 0 Å². The van der Waals surface area contributed by atoms with Gasteiger partial charge in [-0.3, -0.25) is 4.90 Å². The van der Waals surface area contributed by atoms with Gasteiger partial charge < -0.3 is 14.0 Å². The molecule has 2 rings (SSSR count). The minimum Gasteiger partial charge on any atom is -0.459 e. The molecule has 0 aliphatic rings. The van der Waals surface area contributed by atoms with Crippen LogP contribution in [0, 0.1) is 0 Å². The SMILES string of the molecule is CN(Cc1noc(-c2ccco2)n1)CC(C)(C)O. The minimum atomic E-state index is -0.748. The molecule has 6 heteroatoms. The number of furan rings is 1. The van der Waals surface area contributed by atoms with Crippen molar-refractivity contribution >= 4 is 0 Å². The van der Waals surface area contributed by atoms with Crippen molar-refractivity contribution in [3.05, 3.63) is 24.2 Å². The molecule has 2 aromatic rings. The normalized spacial score (nSPS) is 12.3. The van der Waals surface area contributed by atoms with Crippen molar-refractivity contribution in [3.63, 3.8) is 0 Å². The summed E-state index contributed by atoms with van der Waals surface area (Å²) in [6.07, 6.45) is 1.56. The molecule has 98 valence electrons. The predicted molar refractivity (Wildman–Crippen MR) is 64.6 cm³/mol. The molecule has 2 heterocycles. The smallest absolute Gasteiger partial charge is 0.293 e. The van der Waals surface area contributed by atoms with Gasteiger partial charge in [-0.25, -0.2) is 0 Å². The Labute approximate surface area is 105 Å². The summed E-state index contributed by atoms with van der Waals surface area (Å²) in [6, 6.07) is 3.53. The Bertz CT molecular complexity index is 485. The van der Waals surface area contributed by atoms with E-state index in [4.69, 9.17) is 8.94 Å². The van der Waals surface area contributed by atoms with Crippen molar-refractivity contribution in [3.8, 4) is 11.7 Å². The molecule has 0 spiro atoms. The zero-order valence-electron chi connectivity index (χ0n) is 10.8. The van der Waals surface area contributed by atoms with Crippen LogP contribution in [0.25, 0.3) is 11.7 Å². The first-order valence-corrected chi connectivity index (χ1v) is 5.71. The van der Waals surface area contributed by atoms with Crippen LogP contribution < -0.4 is 0 Å². The molecule has 0 bridgehead atoms. The molecule has 1 N–H and O–H groups in total. The molecule has 0 amide bonds. The first kappa shape index (κ1) is 12.8. The lowest BCUT2D eigenvalue weighted by atomic mass is 10.1. The zero-order valence-corrected chi connectivity index (χ0v) is 10.8. The van der Waals surface area contributed by atoms with Crippen LogP contribution in [0.1, 0.15) is 19.7 Å². The molecule has 0 aliphatic carbocycles. The third-order valence-corrected chi connectivity index (χ3v) is 2.27. The second-order valence-corrected chi connectivity index (χ2v) is 4.98. The van der Waals surface area contributed by atoms with Crippen LogP contribution in [0.15, 0.2) is 27.3 Å². The third-order valence-electron chi connectivity index (χ3n) is 2.27. The van der Waals surface area contributed by atoms with E-state index in [0.29, 0.717) is 30.6 Å². The summed E-state index contributed by atoms with van der Waals surface area (Å²) in [5, 5.41) is 13.6. The summed E-state index contributed by atoms with van der Waals surface area (Å²) in [5.74, 6) is 1.48. The molecule has 0 saturated carbocycles. The Morgan fingerprint density at radius 3 is 2.83 bits per heavy atom. The summed E-state index contributed by atoms with van der Waals surface area (Å²) < 4.78 is 10.3. The minimum absolute atomic E-state index is 0.367. The molecule has 18 heavy (non-hydrogen) atoms. The average Bonchev–Trinajstić information content (AvgIpc) is 2.82. The average molecular weight is 251 g/mol. The molecule has 0 atom stereocenters. The summed E-state index contributed by atoms with van der Waals surface area (Å²) in [7, 11) is 1.89. The van der Waals surface area contributed by atoms with Gasteiger partial charge >= 0.3 is 0 Å². The Kier molecular flexibility index (Phi) is 3.49. The fourth-order valence-corrected chi connectivity index (χ4v) is 1.78. The summed E-state index contributed by atoms with van der Waals surface area (Å²) in [5.41, 5.74) is -0.748. The van der Waals surface area contributed by atoms with E-state index in [-0.39, 0.29) is 0 Å². The Hall–Kier alpha value is -1.66. The second-order valence-electron chi connectivity index (χ2n) is 4.98. The predicted octanol–water partition coefficient (Wildman–Crippen LogP) is 1.53. The number of rotatable bonds is 5. The van der Waals surface area contributed by atoms with Gasteiger partial charge in [0.25, 0.3) is 5.89 Å². The number of likely N-dealkylation sites (N-methyl/N-ethyl adjacent to an activating group) is 1. The van der Waals surface area contributed by atoms with Crippen molar-refractivity contribution < 1.29 is 14.0 Å². The molecule has 0 aromatic carbocycles. The van der Waals surface area contributed by atoms with Crippen LogP contribution in [0.3, 0.4) is 0 Å². The maximum absolute atomic E-state index is 9.70. The maximum atomic E-state index is 9.70. The van der Waals surface area contributed by atoms with E-state index in [9.17, 15) is 5.11 Å². The molecular weight excluding hydrogens is 234 g/mol. The molecule has 6 nitrogen and oxygen atoms in total. The van der Waals surface area contributed by atoms with Crippen LogP contribution in [-0.2, 0) is 6.54 Å².